The molecule has 0 radical (unpaired) electrons. The number of carbonyl (C=O) groups is 2. The molecule has 0 aliphatic carbocycles. The predicted molar refractivity (Wildman–Crippen MR) is 92.0 cm³/mol. The smallest absolute Gasteiger partial charge is 0.228 e. The molecule has 2 aromatic rings. The van der Waals surface area contributed by atoms with Crippen LogP contribution in [-0.4, -0.2) is 18.4 Å². The highest BCUT2D eigenvalue weighted by Gasteiger charge is 2.22. The number of amides is 2. The second kappa shape index (κ2) is 6.42. The quantitative estimate of drug-likeness (QED) is 0.938. The summed E-state index contributed by atoms with van der Waals surface area (Å²) in [6.45, 7) is 2.27. The van der Waals surface area contributed by atoms with Crippen LogP contribution < -0.4 is 10.2 Å². The monoisotopic (exact) mass is 328 g/mol. The van der Waals surface area contributed by atoms with Gasteiger partial charge in [0.1, 0.15) is 0 Å². The third-order valence-corrected chi connectivity index (χ3v) is 4.17. The van der Waals surface area contributed by atoms with Crippen LogP contribution in [0, 0.1) is 0 Å². The number of nitrogens with one attached hydrogen (secondary N) is 1. The highest BCUT2D eigenvalue weighted by molar-refractivity contribution is 6.30. The van der Waals surface area contributed by atoms with Crippen LogP contribution in [0.3, 0.4) is 0 Å². The molecule has 0 bridgehead atoms. The van der Waals surface area contributed by atoms with Gasteiger partial charge in [0.05, 0.1) is 6.42 Å². The first kappa shape index (κ1) is 15.6. The van der Waals surface area contributed by atoms with Crippen molar-refractivity contribution in [2.45, 2.75) is 19.8 Å². The molecule has 0 fully saturated rings. The van der Waals surface area contributed by atoms with Crippen LogP contribution >= 0.6 is 11.6 Å². The molecule has 1 aliphatic heterocycles. The van der Waals surface area contributed by atoms with Gasteiger partial charge in [-0.1, -0.05) is 23.7 Å². The fraction of sp³-hybridized carbons (Fsp3) is 0.222. The van der Waals surface area contributed by atoms with Gasteiger partial charge in [0, 0.05) is 29.9 Å². The molecule has 3 rings (SSSR count). The Kier molecular flexibility index (Phi) is 4.35. The van der Waals surface area contributed by atoms with Gasteiger partial charge < -0.3 is 10.2 Å². The van der Waals surface area contributed by atoms with E-state index in [1.165, 1.54) is 0 Å². The zero-order valence-corrected chi connectivity index (χ0v) is 13.6. The molecule has 0 aromatic heterocycles. The molecule has 1 N–H and O–H groups in total. The zero-order valence-electron chi connectivity index (χ0n) is 12.8. The molecule has 4 nitrogen and oxygen atoms in total. The van der Waals surface area contributed by atoms with E-state index in [1.54, 1.807) is 24.0 Å². The lowest BCUT2D eigenvalue weighted by Crippen LogP contribution is -2.25. The van der Waals surface area contributed by atoms with Gasteiger partial charge in [0.25, 0.3) is 0 Å². The van der Waals surface area contributed by atoms with Crippen molar-refractivity contribution < 1.29 is 9.59 Å². The molecular weight excluding hydrogens is 312 g/mol. The summed E-state index contributed by atoms with van der Waals surface area (Å²) in [5.74, 6) is -0.0306. The van der Waals surface area contributed by atoms with Crippen molar-refractivity contribution in [1.82, 2.24) is 0 Å². The minimum Gasteiger partial charge on any atom is -0.326 e. The molecule has 0 saturated heterocycles. The van der Waals surface area contributed by atoms with Gasteiger partial charge in [-0.15, -0.1) is 0 Å². The van der Waals surface area contributed by atoms with Crippen LogP contribution in [0.15, 0.2) is 42.5 Å². The number of nitrogens with zero attached hydrogens (tertiary/aromatic N) is 1. The summed E-state index contributed by atoms with van der Waals surface area (Å²) in [6, 6.07) is 12.9. The second-order valence-corrected chi connectivity index (χ2v) is 6.05. The average molecular weight is 329 g/mol. The molecule has 5 heteroatoms. The van der Waals surface area contributed by atoms with Crippen LogP contribution in [0.1, 0.15) is 18.1 Å². The first-order valence-corrected chi connectivity index (χ1v) is 7.86. The number of hydrogen-bond donors (Lipinski definition) is 1. The van der Waals surface area contributed by atoms with Gasteiger partial charge >= 0.3 is 0 Å². The van der Waals surface area contributed by atoms with Gasteiger partial charge in [-0.05, 0) is 47.9 Å². The van der Waals surface area contributed by atoms with E-state index in [0.29, 0.717) is 18.0 Å². The third-order valence-electron chi connectivity index (χ3n) is 3.92. The number of benzene rings is 2. The van der Waals surface area contributed by atoms with Gasteiger partial charge in [-0.3, -0.25) is 9.59 Å². The van der Waals surface area contributed by atoms with Crippen LogP contribution in [0.2, 0.25) is 5.02 Å². The van der Waals surface area contributed by atoms with Crippen molar-refractivity contribution in [1.29, 1.82) is 0 Å². The highest BCUT2D eigenvalue weighted by atomic mass is 35.5. The maximum atomic E-state index is 12.1. The standard InChI is InChI=1S/C18H17ClN2O2/c1-12(22)21-9-8-14-11-16(6-7-17(14)21)20-18(23)10-13-2-4-15(19)5-3-13/h2-7,11H,8-10H2,1H3,(H,20,23). The summed E-state index contributed by atoms with van der Waals surface area (Å²) < 4.78 is 0. The van der Waals surface area contributed by atoms with Crippen molar-refractivity contribution in [2.75, 3.05) is 16.8 Å². The van der Waals surface area contributed by atoms with Crippen LogP contribution in [0.5, 0.6) is 0 Å². The number of fused-ring (bicyclic) bond motifs is 1. The maximum absolute atomic E-state index is 12.1. The zero-order chi connectivity index (χ0) is 16.4. The lowest BCUT2D eigenvalue weighted by atomic mass is 10.1. The number of carbonyl (C=O) groups excluding carboxylic acids is 2. The molecule has 118 valence electrons. The van der Waals surface area contributed by atoms with Gasteiger partial charge in [-0.2, -0.15) is 0 Å². The topological polar surface area (TPSA) is 49.4 Å². The Morgan fingerprint density at radius 1 is 1.17 bits per heavy atom. The average Bonchev–Trinajstić information content (AvgIpc) is 2.93. The Labute approximate surface area is 140 Å². The van der Waals surface area contributed by atoms with Gasteiger partial charge in [0.15, 0.2) is 0 Å². The second-order valence-electron chi connectivity index (χ2n) is 5.62. The minimum absolute atomic E-state index is 0.0447. The fourth-order valence-electron chi connectivity index (χ4n) is 2.80. The van der Waals surface area contributed by atoms with E-state index in [9.17, 15) is 9.59 Å². The lowest BCUT2D eigenvalue weighted by Gasteiger charge is -2.15. The Bertz CT molecular complexity index is 756. The Balaban J connectivity index is 1.68. The molecule has 0 saturated carbocycles. The summed E-state index contributed by atoms with van der Waals surface area (Å²) in [5.41, 5.74) is 3.70. The third kappa shape index (κ3) is 3.54. The first-order chi connectivity index (χ1) is 11.0. The highest BCUT2D eigenvalue weighted by Crippen LogP contribution is 2.30. The van der Waals surface area contributed by atoms with Crippen LogP contribution in [0.25, 0.3) is 0 Å². The largest absolute Gasteiger partial charge is 0.326 e. The normalized spacial score (nSPS) is 12.9. The lowest BCUT2D eigenvalue weighted by molar-refractivity contribution is -0.117. The van der Waals surface area contributed by atoms with Gasteiger partial charge in [-0.25, -0.2) is 0 Å². The Morgan fingerprint density at radius 3 is 2.61 bits per heavy atom. The van der Waals surface area contributed by atoms with Crippen LogP contribution in [0.4, 0.5) is 11.4 Å². The Morgan fingerprint density at radius 2 is 1.91 bits per heavy atom. The number of anilines is 2. The van der Waals surface area contributed by atoms with E-state index in [0.717, 1.165) is 28.9 Å². The van der Waals surface area contributed by atoms with Gasteiger partial charge in [0.2, 0.25) is 11.8 Å². The first-order valence-electron chi connectivity index (χ1n) is 7.48. The molecule has 1 heterocycles. The molecule has 2 aromatic carbocycles. The molecule has 2 amide bonds. The maximum Gasteiger partial charge on any atom is 0.228 e. The molecule has 0 atom stereocenters. The van der Waals surface area contributed by atoms with E-state index < -0.39 is 0 Å². The van der Waals surface area contributed by atoms with E-state index in [-0.39, 0.29) is 11.8 Å². The number of hydrogen-bond acceptors (Lipinski definition) is 2. The summed E-state index contributed by atoms with van der Waals surface area (Å²) in [7, 11) is 0. The van der Waals surface area contributed by atoms with E-state index in [2.05, 4.69) is 5.32 Å². The number of halogens is 1. The Hall–Kier alpha value is -2.33. The summed E-state index contributed by atoms with van der Waals surface area (Å²) >= 11 is 5.84. The minimum atomic E-state index is -0.0753. The van der Waals surface area contributed by atoms with Crippen molar-refractivity contribution >= 4 is 34.8 Å². The van der Waals surface area contributed by atoms with Crippen molar-refractivity contribution in [3.05, 3.63) is 58.6 Å². The van der Waals surface area contributed by atoms with E-state index in [1.807, 2.05) is 30.3 Å². The van der Waals surface area contributed by atoms with Crippen molar-refractivity contribution in [3.8, 4) is 0 Å². The van der Waals surface area contributed by atoms with E-state index >= 15 is 0 Å². The van der Waals surface area contributed by atoms with E-state index in [4.69, 9.17) is 11.6 Å². The molecule has 0 unspecified atom stereocenters. The number of rotatable bonds is 3. The molecule has 23 heavy (non-hydrogen) atoms. The SMILES string of the molecule is CC(=O)N1CCc2cc(NC(=O)Cc3ccc(Cl)cc3)ccc21. The summed E-state index contributed by atoms with van der Waals surface area (Å²) in [5, 5.41) is 3.56. The predicted octanol–water partition coefficient (Wildman–Crippen LogP) is 3.43. The molecule has 1 aliphatic rings. The molecular formula is C18H17ClN2O2. The summed E-state index contributed by atoms with van der Waals surface area (Å²) in [4.78, 5) is 25.4. The summed E-state index contributed by atoms with van der Waals surface area (Å²) in [6.07, 6.45) is 1.11. The van der Waals surface area contributed by atoms with Crippen LogP contribution in [-0.2, 0) is 22.4 Å². The fourth-order valence-corrected chi connectivity index (χ4v) is 2.93. The van der Waals surface area contributed by atoms with Crippen molar-refractivity contribution in [3.63, 3.8) is 0 Å². The molecule has 0 spiro atoms. The van der Waals surface area contributed by atoms with Crippen molar-refractivity contribution in [2.24, 2.45) is 0 Å².